The second-order valence-corrected chi connectivity index (χ2v) is 6.28. The van der Waals surface area contributed by atoms with Crippen LogP contribution in [0.5, 0.6) is 11.5 Å². The number of hydrogen-bond acceptors (Lipinski definition) is 4. The first-order valence-corrected chi connectivity index (χ1v) is 8.37. The number of rotatable bonds is 4. The maximum Gasteiger partial charge on any atom is 0.162 e. The van der Waals surface area contributed by atoms with Gasteiger partial charge in [-0.3, -0.25) is 0 Å². The maximum atomic E-state index is 6.29. The summed E-state index contributed by atoms with van der Waals surface area (Å²) in [6.07, 6.45) is 3.59. The van der Waals surface area contributed by atoms with Gasteiger partial charge in [-0.1, -0.05) is 46.9 Å². The largest absolute Gasteiger partial charge is 0.493 e. The van der Waals surface area contributed by atoms with Crippen LogP contribution in [-0.2, 0) is 0 Å². The van der Waals surface area contributed by atoms with E-state index in [4.69, 9.17) is 44.3 Å². The summed E-state index contributed by atoms with van der Waals surface area (Å²) in [7, 11) is 3.13. The Morgan fingerprint density at radius 3 is 2.24 bits per heavy atom. The van der Waals surface area contributed by atoms with Crippen molar-refractivity contribution in [3.05, 3.63) is 56.9 Å². The standard InChI is InChI=1S/C18H13Cl3N2O2/c1-24-15-8-11-14(9-16(15)25-2)22-17(23-18(11)21)6-4-10-3-5-12(19)13(20)7-10/h3-9H,1-2H3/b6-4+. The molecule has 0 amide bonds. The zero-order valence-electron chi connectivity index (χ0n) is 13.4. The highest BCUT2D eigenvalue weighted by Gasteiger charge is 2.11. The topological polar surface area (TPSA) is 44.2 Å². The van der Waals surface area contributed by atoms with Crippen LogP contribution in [0, 0.1) is 0 Å². The summed E-state index contributed by atoms with van der Waals surface area (Å²) in [6, 6.07) is 8.86. The molecule has 3 rings (SSSR count). The lowest BCUT2D eigenvalue weighted by Crippen LogP contribution is -1.95. The molecule has 4 nitrogen and oxygen atoms in total. The summed E-state index contributed by atoms with van der Waals surface area (Å²) in [5.74, 6) is 1.61. The highest BCUT2D eigenvalue weighted by Crippen LogP contribution is 2.34. The second-order valence-electron chi connectivity index (χ2n) is 5.10. The van der Waals surface area contributed by atoms with E-state index in [2.05, 4.69) is 9.97 Å². The molecule has 0 spiro atoms. The van der Waals surface area contributed by atoms with Crippen molar-refractivity contribution in [1.29, 1.82) is 0 Å². The Labute approximate surface area is 160 Å². The molecular weight excluding hydrogens is 383 g/mol. The molecular formula is C18H13Cl3N2O2. The molecule has 0 fully saturated rings. The first kappa shape index (κ1) is 17.8. The molecule has 0 saturated carbocycles. The minimum Gasteiger partial charge on any atom is -0.493 e. The Morgan fingerprint density at radius 2 is 1.56 bits per heavy atom. The van der Waals surface area contributed by atoms with Crippen LogP contribution in [0.4, 0.5) is 0 Å². The van der Waals surface area contributed by atoms with Gasteiger partial charge in [-0.2, -0.15) is 0 Å². The third-order valence-electron chi connectivity index (χ3n) is 3.54. The molecule has 2 aromatic carbocycles. The molecule has 1 heterocycles. The summed E-state index contributed by atoms with van der Waals surface area (Å²) in [4.78, 5) is 8.80. The van der Waals surface area contributed by atoms with Gasteiger partial charge in [-0.15, -0.1) is 0 Å². The quantitative estimate of drug-likeness (QED) is 0.525. The summed E-state index contributed by atoms with van der Waals surface area (Å²) in [5, 5.41) is 2.01. The van der Waals surface area contributed by atoms with E-state index in [-0.39, 0.29) is 0 Å². The number of aromatic nitrogens is 2. The van der Waals surface area contributed by atoms with Crippen LogP contribution in [0.1, 0.15) is 11.4 Å². The maximum absolute atomic E-state index is 6.29. The number of fused-ring (bicyclic) bond motifs is 1. The third kappa shape index (κ3) is 3.82. The minimum absolute atomic E-state index is 0.333. The van der Waals surface area contributed by atoms with E-state index in [0.717, 1.165) is 5.56 Å². The van der Waals surface area contributed by atoms with Crippen LogP contribution in [0.25, 0.3) is 23.1 Å². The summed E-state index contributed by atoms with van der Waals surface area (Å²) in [6.45, 7) is 0. The van der Waals surface area contributed by atoms with Crippen molar-refractivity contribution in [2.24, 2.45) is 0 Å². The summed E-state index contributed by atoms with van der Waals surface area (Å²) < 4.78 is 10.6. The number of halogens is 3. The van der Waals surface area contributed by atoms with Crippen molar-refractivity contribution in [2.45, 2.75) is 0 Å². The fraction of sp³-hybridized carbons (Fsp3) is 0.111. The van der Waals surface area contributed by atoms with E-state index in [1.54, 1.807) is 44.6 Å². The first-order valence-electron chi connectivity index (χ1n) is 7.24. The zero-order valence-corrected chi connectivity index (χ0v) is 15.7. The normalized spacial score (nSPS) is 11.2. The van der Waals surface area contributed by atoms with E-state index in [9.17, 15) is 0 Å². The van der Waals surface area contributed by atoms with E-state index in [1.807, 2.05) is 12.1 Å². The lowest BCUT2D eigenvalue weighted by atomic mass is 10.2. The molecule has 1 aromatic heterocycles. The fourth-order valence-corrected chi connectivity index (χ4v) is 2.84. The molecule has 0 saturated heterocycles. The Balaban J connectivity index is 2.02. The number of hydrogen-bond donors (Lipinski definition) is 0. The highest BCUT2D eigenvalue weighted by molar-refractivity contribution is 6.42. The monoisotopic (exact) mass is 394 g/mol. The van der Waals surface area contributed by atoms with E-state index >= 15 is 0 Å². The average molecular weight is 396 g/mol. The molecule has 0 aliphatic heterocycles. The van der Waals surface area contributed by atoms with Gasteiger partial charge in [0.05, 0.1) is 29.8 Å². The van der Waals surface area contributed by atoms with Crippen LogP contribution in [0.15, 0.2) is 30.3 Å². The summed E-state index contributed by atoms with van der Waals surface area (Å²) in [5.41, 5.74) is 1.54. The number of ether oxygens (including phenoxy) is 2. The van der Waals surface area contributed by atoms with Gasteiger partial charge in [-0.05, 0) is 29.8 Å². The van der Waals surface area contributed by atoms with Gasteiger partial charge in [0, 0.05) is 11.5 Å². The van der Waals surface area contributed by atoms with Crippen molar-refractivity contribution in [3.63, 3.8) is 0 Å². The molecule has 0 unspecified atom stereocenters. The third-order valence-corrected chi connectivity index (χ3v) is 4.57. The van der Waals surface area contributed by atoms with Crippen LogP contribution < -0.4 is 9.47 Å². The van der Waals surface area contributed by atoms with Crippen molar-refractivity contribution in [1.82, 2.24) is 9.97 Å². The molecule has 0 atom stereocenters. The molecule has 0 bridgehead atoms. The van der Waals surface area contributed by atoms with Gasteiger partial charge in [0.1, 0.15) is 5.15 Å². The van der Waals surface area contributed by atoms with Gasteiger partial charge in [-0.25, -0.2) is 9.97 Å². The number of benzene rings is 2. The predicted octanol–water partition coefficient (Wildman–Crippen LogP) is 5.78. The van der Waals surface area contributed by atoms with Gasteiger partial charge in [0.25, 0.3) is 0 Å². The van der Waals surface area contributed by atoms with E-state index in [0.29, 0.717) is 43.4 Å². The van der Waals surface area contributed by atoms with Crippen LogP contribution in [-0.4, -0.2) is 24.2 Å². The fourth-order valence-electron chi connectivity index (χ4n) is 2.30. The average Bonchev–Trinajstić information content (AvgIpc) is 2.61. The molecule has 128 valence electrons. The molecule has 0 N–H and O–H groups in total. The lowest BCUT2D eigenvalue weighted by molar-refractivity contribution is 0.356. The molecule has 0 aliphatic rings. The molecule has 0 radical (unpaired) electrons. The highest BCUT2D eigenvalue weighted by atomic mass is 35.5. The van der Waals surface area contributed by atoms with Crippen molar-refractivity contribution >= 4 is 57.9 Å². The predicted molar refractivity (Wildman–Crippen MR) is 103 cm³/mol. The Bertz CT molecular complexity index is 974. The van der Waals surface area contributed by atoms with E-state index in [1.165, 1.54) is 0 Å². The Morgan fingerprint density at radius 1 is 0.840 bits per heavy atom. The molecule has 25 heavy (non-hydrogen) atoms. The van der Waals surface area contributed by atoms with Gasteiger partial charge >= 0.3 is 0 Å². The molecule has 0 aliphatic carbocycles. The summed E-state index contributed by atoms with van der Waals surface area (Å²) >= 11 is 18.2. The zero-order chi connectivity index (χ0) is 18.0. The smallest absolute Gasteiger partial charge is 0.162 e. The van der Waals surface area contributed by atoms with Crippen LogP contribution in [0.3, 0.4) is 0 Å². The van der Waals surface area contributed by atoms with E-state index < -0.39 is 0 Å². The van der Waals surface area contributed by atoms with Crippen LogP contribution >= 0.6 is 34.8 Å². The second kappa shape index (κ2) is 7.48. The SMILES string of the molecule is COc1cc2nc(/C=C/c3ccc(Cl)c(Cl)c3)nc(Cl)c2cc1OC. The van der Waals surface area contributed by atoms with Gasteiger partial charge in [0.15, 0.2) is 17.3 Å². The van der Waals surface area contributed by atoms with Crippen LogP contribution in [0.2, 0.25) is 15.2 Å². The molecule has 7 heteroatoms. The number of nitrogens with zero attached hydrogens (tertiary/aromatic N) is 2. The van der Waals surface area contributed by atoms with Crippen molar-refractivity contribution in [2.75, 3.05) is 14.2 Å². The lowest BCUT2D eigenvalue weighted by Gasteiger charge is -2.09. The Kier molecular flexibility index (Phi) is 5.33. The first-order chi connectivity index (χ1) is 12.0. The van der Waals surface area contributed by atoms with Crippen molar-refractivity contribution < 1.29 is 9.47 Å². The Hall–Kier alpha value is -2.01. The van der Waals surface area contributed by atoms with Gasteiger partial charge in [0.2, 0.25) is 0 Å². The minimum atomic E-state index is 0.333. The van der Waals surface area contributed by atoms with Gasteiger partial charge < -0.3 is 9.47 Å². The molecule has 3 aromatic rings. The van der Waals surface area contributed by atoms with Crippen molar-refractivity contribution in [3.8, 4) is 11.5 Å². The number of methoxy groups -OCH3 is 2.